The fourth-order valence-electron chi connectivity index (χ4n) is 1.16. The molecular weight excluding hydrogens is 210 g/mol. The average molecular weight is 223 g/mol. The van der Waals surface area contributed by atoms with Gasteiger partial charge in [0.2, 0.25) is 0 Å². The van der Waals surface area contributed by atoms with E-state index in [0.29, 0.717) is 6.04 Å². The van der Waals surface area contributed by atoms with Gasteiger partial charge in [0, 0.05) is 11.8 Å². The van der Waals surface area contributed by atoms with E-state index < -0.39 is 0 Å². The second kappa shape index (κ2) is 4.80. The molecule has 0 atom stereocenters. The molecule has 0 radical (unpaired) electrons. The van der Waals surface area contributed by atoms with Crippen molar-refractivity contribution in [2.24, 2.45) is 0 Å². The zero-order valence-corrected chi connectivity index (χ0v) is 9.53. The maximum atomic E-state index is 5.22. The van der Waals surface area contributed by atoms with Crippen molar-refractivity contribution in [3.63, 3.8) is 0 Å². The molecule has 0 saturated heterocycles. The molecule has 74 valence electrons. The number of thioether (sulfide) groups is 1. The van der Waals surface area contributed by atoms with Gasteiger partial charge < -0.3 is 5.32 Å². The molecule has 1 aromatic carbocycles. The molecule has 1 nitrogen and oxygen atoms in total. The van der Waals surface area contributed by atoms with Crippen LogP contribution in [-0.4, -0.2) is 10.4 Å². The first-order valence-electron chi connectivity index (χ1n) is 4.82. The Labute approximate surface area is 94.3 Å². The van der Waals surface area contributed by atoms with Gasteiger partial charge in [0.15, 0.2) is 0 Å². The molecule has 2 rings (SSSR count). The summed E-state index contributed by atoms with van der Waals surface area (Å²) in [5.74, 6) is 0.972. The van der Waals surface area contributed by atoms with Gasteiger partial charge in [-0.25, -0.2) is 0 Å². The highest BCUT2D eigenvalue weighted by atomic mass is 32.2. The standard InChI is InChI=1S/C11H13NS2/c13-11(12-10-6-7-10)14-8-9-4-2-1-3-5-9/h1-5,10H,6-8H2,(H,12,13). The third-order valence-corrected chi connectivity index (χ3v) is 3.44. The summed E-state index contributed by atoms with van der Waals surface area (Å²) in [6.07, 6.45) is 2.57. The first kappa shape index (κ1) is 9.99. The summed E-state index contributed by atoms with van der Waals surface area (Å²) in [5.41, 5.74) is 1.33. The third-order valence-electron chi connectivity index (χ3n) is 2.11. The normalized spacial score (nSPS) is 15.1. The smallest absolute Gasteiger partial charge is 0.134 e. The fourth-order valence-corrected chi connectivity index (χ4v) is 2.24. The van der Waals surface area contributed by atoms with Crippen molar-refractivity contribution in [1.82, 2.24) is 5.32 Å². The molecule has 0 bridgehead atoms. The molecule has 0 spiro atoms. The SMILES string of the molecule is S=C(NC1CC1)SCc1ccccc1. The highest BCUT2D eigenvalue weighted by Crippen LogP contribution is 2.21. The molecule has 0 unspecified atom stereocenters. The Hall–Kier alpha value is -0.540. The van der Waals surface area contributed by atoms with Gasteiger partial charge >= 0.3 is 0 Å². The predicted octanol–water partition coefficient (Wildman–Crippen LogP) is 2.96. The van der Waals surface area contributed by atoms with Crippen LogP contribution in [0.2, 0.25) is 0 Å². The average Bonchev–Trinajstić information content (AvgIpc) is 3.00. The Morgan fingerprint density at radius 3 is 2.71 bits per heavy atom. The molecule has 1 aliphatic rings. The van der Waals surface area contributed by atoms with Gasteiger partial charge in [-0.2, -0.15) is 0 Å². The van der Waals surface area contributed by atoms with Crippen LogP contribution in [0.3, 0.4) is 0 Å². The van der Waals surface area contributed by atoms with Gasteiger partial charge in [-0.1, -0.05) is 54.3 Å². The molecule has 1 aromatic rings. The van der Waals surface area contributed by atoms with E-state index in [0.717, 1.165) is 10.1 Å². The molecule has 1 saturated carbocycles. The molecule has 0 aromatic heterocycles. The Morgan fingerprint density at radius 2 is 2.07 bits per heavy atom. The van der Waals surface area contributed by atoms with E-state index in [1.807, 2.05) is 6.07 Å². The molecule has 0 aliphatic heterocycles. The van der Waals surface area contributed by atoms with Crippen molar-refractivity contribution in [3.8, 4) is 0 Å². The van der Waals surface area contributed by atoms with E-state index in [2.05, 4.69) is 29.6 Å². The first-order chi connectivity index (χ1) is 6.84. The van der Waals surface area contributed by atoms with Crippen LogP contribution in [-0.2, 0) is 5.75 Å². The van der Waals surface area contributed by atoms with Gasteiger partial charge in [-0.15, -0.1) is 0 Å². The number of rotatable bonds is 3. The number of hydrogen-bond donors (Lipinski definition) is 1. The lowest BCUT2D eigenvalue weighted by molar-refractivity contribution is 0.933. The van der Waals surface area contributed by atoms with E-state index in [-0.39, 0.29) is 0 Å². The summed E-state index contributed by atoms with van der Waals surface area (Å²) in [6, 6.07) is 11.1. The van der Waals surface area contributed by atoms with E-state index in [9.17, 15) is 0 Å². The zero-order chi connectivity index (χ0) is 9.80. The molecule has 1 N–H and O–H groups in total. The number of nitrogens with one attached hydrogen (secondary N) is 1. The van der Waals surface area contributed by atoms with E-state index >= 15 is 0 Å². The van der Waals surface area contributed by atoms with Crippen molar-refractivity contribution in [3.05, 3.63) is 35.9 Å². The largest absolute Gasteiger partial charge is 0.368 e. The quantitative estimate of drug-likeness (QED) is 0.791. The molecule has 1 aliphatic carbocycles. The van der Waals surface area contributed by atoms with Crippen LogP contribution < -0.4 is 5.32 Å². The predicted molar refractivity (Wildman–Crippen MR) is 66.5 cm³/mol. The number of thiocarbonyl (C=S) groups is 1. The number of hydrogen-bond acceptors (Lipinski definition) is 2. The maximum Gasteiger partial charge on any atom is 0.134 e. The molecule has 1 fully saturated rings. The van der Waals surface area contributed by atoms with Gasteiger partial charge in [0.25, 0.3) is 0 Å². The van der Waals surface area contributed by atoms with Crippen LogP contribution in [0.1, 0.15) is 18.4 Å². The molecule has 0 amide bonds. The van der Waals surface area contributed by atoms with Gasteiger partial charge in [-0.3, -0.25) is 0 Å². The van der Waals surface area contributed by atoms with Crippen molar-refractivity contribution in [1.29, 1.82) is 0 Å². The van der Waals surface area contributed by atoms with E-state index in [1.165, 1.54) is 18.4 Å². The Kier molecular flexibility index (Phi) is 3.43. The summed E-state index contributed by atoms with van der Waals surface area (Å²) in [4.78, 5) is 0. The van der Waals surface area contributed by atoms with Crippen LogP contribution in [0.5, 0.6) is 0 Å². The minimum Gasteiger partial charge on any atom is -0.368 e. The zero-order valence-electron chi connectivity index (χ0n) is 7.90. The van der Waals surface area contributed by atoms with Crippen LogP contribution in [0.25, 0.3) is 0 Å². The Bertz CT molecular complexity index is 306. The van der Waals surface area contributed by atoms with Crippen molar-refractivity contribution in [2.45, 2.75) is 24.6 Å². The molecule has 0 heterocycles. The van der Waals surface area contributed by atoms with Gasteiger partial charge in [-0.05, 0) is 18.4 Å². The minimum absolute atomic E-state index is 0.672. The van der Waals surface area contributed by atoms with Crippen molar-refractivity contribution in [2.75, 3.05) is 0 Å². The summed E-state index contributed by atoms with van der Waals surface area (Å²) in [5, 5.41) is 3.32. The van der Waals surface area contributed by atoms with Crippen LogP contribution in [0, 0.1) is 0 Å². The van der Waals surface area contributed by atoms with Gasteiger partial charge in [0.1, 0.15) is 4.32 Å². The first-order valence-corrected chi connectivity index (χ1v) is 6.21. The van der Waals surface area contributed by atoms with Gasteiger partial charge in [0.05, 0.1) is 0 Å². The lowest BCUT2D eigenvalue weighted by Gasteiger charge is -2.05. The summed E-state index contributed by atoms with van der Waals surface area (Å²) in [6.45, 7) is 0. The third kappa shape index (κ3) is 3.31. The van der Waals surface area contributed by atoms with E-state index in [1.54, 1.807) is 11.8 Å². The topological polar surface area (TPSA) is 12.0 Å². The van der Waals surface area contributed by atoms with Crippen molar-refractivity contribution < 1.29 is 0 Å². The highest BCUT2D eigenvalue weighted by Gasteiger charge is 2.21. The van der Waals surface area contributed by atoms with Crippen LogP contribution in [0.4, 0.5) is 0 Å². The molecular formula is C11H13NS2. The van der Waals surface area contributed by atoms with E-state index in [4.69, 9.17) is 12.2 Å². The Morgan fingerprint density at radius 1 is 1.36 bits per heavy atom. The summed E-state index contributed by atoms with van der Waals surface area (Å²) < 4.78 is 0.941. The lowest BCUT2D eigenvalue weighted by Crippen LogP contribution is -2.20. The van der Waals surface area contributed by atoms with Crippen molar-refractivity contribution >= 4 is 28.3 Å². The summed E-state index contributed by atoms with van der Waals surface area (Å²) >= 11 is 6.94. The highest BCUT2D eigenvalue weighted by molar-refractivity contribution is 8.22. The molecule has 14 heavy (non-hydrogen) atoms. The Balaban J connectivity index is 1.73. The molecule has 3 heteroatoms. The maximum absolute atomic E-state index is 5.22. The summed E-state index contributed by atoms with van der Waals surface area (Å²) in [7, 11) is 0. The fraction of sp³-hybridized carbons (Fsp3) is 0.364. The lowest BCUT2D eigenvalue weighted by atomic mass is 10.2. The second-order valence-corrected chi connectivity index (χ2v) is 5.13. The van der Waals surface area contributed by atoms with Crippen LogP contribution >= 0.6 is 24.0 Å². The number of benzene rings is 1. The second-order valence-electron chi connectivity index (χ2n) is 3.48. The van der Waals surface area contributed by atoms with Crippen LogP contribution in [0.15, 0.2) is 30.3 Å². The minimum atomic E-state index is 0.672. The monoisotopic (exact) mass is 223 g/mol.